The van der Waals surface area contributed by atoms with Crippen LogP contribution in [-0.2, 0) is 0 Å². The molecule has 1 saturated heterocycles. The van der Waals surface area contributed by atoms with E-state index in [0.29, 0.717) is 31.5 Å². The van der Waals surface area contributed by atoms with Gasteiger partial charge in [-0.1, -0.05) is 6.07 Å². The van der Waals surface area contributed by atoms with Crippen molar-refractivity contribution in [1.29, 1.82) is 0 Å². The molecule has 0 atom stereocenters. The lowest BCUT2D eigenvalue weighted by molar-refractivity contribution is 0.0546. The van der Waals surface area contributed by atoms with Crippen LogP contribution in [0.4, 0.5) is 4.39 Å². The number of amides is 1. The van der Waals surface area contributed by atoms with Crippen LogP contribution in [0.15, 0.2) is 24.3 Å². The second-order valence-electron chi connectivity index (χ2n) is 4.03. The fourth-order valence-corrected chi connectivity index (χ4v) is 1.87. The molecule has 86 valence electrons. The molecule has 0 aromatic heterocycles. The van der Waals surface area contributed by atoms with Crippen LogP contribution in [0.25, 0.3) is 0 Å². The largest absolute Gasteiger partial charge is 0.393 e. The summed E-state index contributed by atoms with van der Waals surface area (Å²) in [6.45, 7) is 1.08. The molecule has 1 aliphatic rings. The molecule has 0 unspecified atom stereocenters. The summed E-state index contributed by atoms with van der Waals surface area (Å²) >= 11 is 0. The first-order valence-corrected chi connectivity index (χ1v) is 5.40. The zero-order valence-electron chi connectivity index (χ0n) is 8.90. The average molecular weight is 223 g/mol. The van der Waals surface area contributed by atoms with Crippen LogP contribution in [0.1, 0.15) is 23.2 Å². The number of aliphatic hydroxyl groups is 1. The Morgan fingerprint density at radius 1 is 1.38 bits per heavy atom. The molecule has 16 heavy (non-hydrogen) atoms. The van der Waals surface area contributed by atoms with E-state index in [1.165, 1.54) is 18.2 Å². The summed E-state index contributed by atoms with van der Waals surface area (Å²) in [6.07, 6.45) is 0.888. The van der Waals surface area contributed by atoms with E-state index >= 15 is 0 Å². The highest BCUT2D eigenvalue weighted by molar-refractivity contribution is 5.94. The Hall–Kier alpha value is -1.42. The normalized spacial score (nSPS) is 17.5. The van der Waals surface area contributed by atoms with Gasteiger partial charge in [0, 0.05) is 18.7 Å². The van der Waals surface area contributed by atoms with Crippen LogP contribution in [0, 0.1) is 5.82 Å². The third kappa shape index (κ3) is 2.39. The van der Waals surface area contributed by atoms with Crippen LogP contribution in [-0.4, -0.2) is 35.1 Å². The van der Waals surface area contributed by atoms with Crippen molar-refractivity contribution in [2.24, 2.45) is 0 Å². The minimum Gasteiger partial charge on any atom is -0.393 e. The molecular formula is C12H14FNO2. The molecular weight excluding hydrogens is 209 g/mol. The third-order valence-electron chi connectivity index (χ3n) is 2.82. The topological polar surface area (TPSA) is 40.5 Å². The van der Waals surface area contributed by atoms with Crippen molar-refractivity contribution < 1.29 is 14.3 Å². The van der Waals surface area contributed by atoms with E-state index in [4.69, 9.17) is 0 Å². The molecule has 1 amide bonds. The van der Waals surface area contributed by atoms with Gasteiger partial charge in [0.2, 0.25) is 0 Å². The highest BCUT2D eigenvalue weighted by atomic mass is 19.1. The van der Waals surface area contributed by atoms with Crippen molar-refractivity contribution in [2.45, 2.75) is 18.9 Å². The Labute approximate surface area is 93.5 Å². The van der Waals surface area contributed by atoms with Crippen LogP contribution < -0.4 is 0 Å². The maximum atomic E-state index is 12.9. The number of carbonyl (C=O) groups is 1. The molecule has 1 fully saturated rings. The van der Waals surface area contributed by atoms with Gasteiger partial charge in [0.15, 0.2) is 0 Å². The van der Waals surface area contributed by atoms with E-state index < -0.39 is 5.82 Å². The van der Waals surface area contributed by atoms with Gasteiger partial charge < -0.3 is 10.0 Å². The fraction of sp³-hybridized carbons (Fsp3) is 0.417. The second-order valence-corrected chi connectivity index (χ2v) is 4.03. The second kappa shape index (κ2) is 4.61. The van der Waals surface area contributed by atoms with Crippen molar-refractivity contribution in [3.05, 3.63) is 35.6 Å². The summed E-state index contributed by atoms with van der Waals surface area (Å²) < 4.78 is 12.9. The molecule has 3 nitrogen and oxygen atoms in total. The number of aliphatic hydroxyl groups excluding tert-OH is 1. The number of halogens is 1. The van der Waals surface area contributed by atoms with Crippen LogP contribution in [0.2, 0.25) is 0 Å². The smallest absolute Gasteiger partial charge is 0.253 e. The Morgan fingerprint density at radius 3 is 2.69 bits per heavy atom. The summed E-state index contributed by atoms with van der Waals surface area (Å²) in [5.74, 6) is -0.561. The number of nitrogens with zero attached hydrogens (tertiary/aromatic N) is 1. The van der Waals surface area contributed by atoms with Gasteiger partial charge in [-0.3, -0.25) is 4.79 Å². The van der Waals surface area contributed by atoms with Crippen LogP contribution in [0.5, 0.6) is 0 Å². The van der Waals surface area contributed by atoms with E-state index in [1.54, 1.807) is 11.0 Å². The van der Waals surface area contributed by atoms with Crippen molar-refractivity contribution in [3.8, 4) is 0 Å². The molecule has 0 bridgehead atoms. The van der Waals surface area contributed by atoms with Crippen LogP contribution in [0.3, 0.4) is 0 Å². The van der Waals surface area contributed by atoms with Gasteiger partial charge in [-0.15, -0.1) is 0 Å². The Bertz CT molecular complexity index is 386. The molecule has 0 radical (unpaired) electrons. The van der Waals surface area contributed by atoms with Gasteiger partial charge in [-0.05, 0) is 31.0 Å². The lowest BCUT2D eigenvalue weighted by Gasteiger charge is -2.29. The standard InChI is InChI=1S/C12H14FNO2/c13-10-3-1-2-9(8-10)12(16)14-6-4-11(15)5-7-14/h1-3,8,11,15H,4-7H2. The molecule has 4 heteroatoms. The molecule has 1 N–H and O–H groups in total. The average Bonchev–Trinajstić information content (AvgIpc) is 2.29. The fourth-order valence-electron chi connectivity index (χ4n) is 1.87. The number of benzene rings is 1. The maximum absolute atomic E-state index is 12.9. The molecule has 1 aliphatic heterocycles. The number of likely N-dealkylation sites (tertiary alicyclic amines) is 1. The highest BCUT2D eigenvalue weighted by Crippen LogP contribution is 2.14. The summed E-state index contributed by atoms with van der Waals surface area (Å²) in [4.78, 5) is 13.6. The lowest BCUT2D eigenvalue weighted by Crippen LogP contribution is -2.40. The molecule has 2 rings (SSSR count). The van der Waals surface area contributed by atoms with Crippen LogP contribution >= 0.6 is 0 Å². The first-order valence-electron chi connectivity index (χ1n) is 5.40. The number of rotatable bonds is 1. The van der Waals surface area contributed by atoms with Gasteiger partial charge in [0.25, 0.3) is 5.91 Å². The summed E-state index contributed by atoms with van der Waals surface area (Å²) in [6, 6.07) is 5.70. The van der Waals surface area contributed by atoms with E-state index in [0.717, 1.165) is 0 Å². The van der Waals surface area contributed by atoms with Crippen molar-refractivity contribution >= 4 is 5.91 Å². The minimum absolute atomic E-state index is 0.161. The highest BCUT2D eigenvalue weighted by Gasteiger charge is 2.22. The van der Waals surface area contributed by atoms with Crippen molar-refractivity contribution in [2.75, 3.05) is 13.1 Å². The van der Waals surface area contributed by atoms with E-state index in [9.17, 15) is 14.3 Å². The SMILES string of the molecule is O=C(c1cccc(F)c1)N1CCC(O)CC1. The summed E-state index contributed by atoms with van der Waals surface area (Å²) in [5.41, 5.74) is 0.372. The number of piperidine rings is 1. The van der Waals surface area contributed by atoms with Crippen molar-refractivity contribution in [1.82, 2.24) is 4.90 Å². The van der Waals surface area contributed by atoms with Gasteiger partial charge >= 0.3 is 0 Å². The van der Waals surface area contributed by atoms with Crippen molar-refractivity contribution in [3.63, 3.8) is 0 Å². The van der Waals surface area contributed by atoms with E-state index in [1.807, 2.05) is 0 Å². The van der Waals surface area contributed by atoms with Gasteiger partial charge in [0.1, 0.15) is 5.82 Å². The van der Waals surface area contributed by atoms with Gasteiger partial charge in [0.05, 0.1) is 6.10 Å². The molecule has 1 aromatic rings. The first kappa shape index (κ1) is 11.1. The van der Waals surface area contributed by atoms with Gasteiger partial charge in [-0.2, -0.15) is 0 Å². The Balaban J connectivity index is 2.08. The van der Waals surface area contributed by atoms with E-state index in [-0.39, 0.29) is 12.0 Å². The Kier molecular flexibility index (Phi) is 3.19. The van der Waals surface area contributed by atoms with E-state index in [2.05, 4.69) is 0 Å². The van der Waals surface area contributed by atoms with Gasteiger partial charge in [-0.25, -0.2) is 4.39 Å². The zero-order chi connectivity index (χ0) is 11.5. The Morgan fingerprint density at radius 2 is 2.06 bits per heavy atom. The quantitative estimate of drug-likeness (QED) is 0.782. The predicted molar refractivity (Wildman–Crippen MR) is 57.5 cm³/mol. The summed E-state index contributed by atoms with van der Waals surface area (Å²) in [5, 5.41) is 9.33. The molecule has 0 saturated carbocycles. The molecule has 1 heterocycles. The lowest BCUT2D eigenvalue weighted by atomic mass is 10.1. The number of carbonyl (C=O) groups excluding carboxylic acids is 1. The third-order valence-corrected chi connectivity index (χ3v) is 2.82. The molecule has 0 spiro atoms. The predicted octanol–water partition coefficient (Wildman–Crippen LogP) is 1.42. The summed E-state index contributed by atoms with van der Waals surface area (Å²) in [7, 11) is 0. The molecule has 1 aromatic carbocycles. The number of hydrogen-bond acceptors (Lipinski definition) is 2. The number of hydrogen-bond donors (Lipinski definition) is 1. The monoisotopic (exact) mass is 223 g/mol. The first-order chi connectivity index (χ1) is 7.66. The maximum Gasteiger partial charge on any atom is 0.253 e. The molecule has 0 aliphatic carbocycles. The zero-order valence-corrected chi connectivity index (χ0v) is 8.90. The minimum atomic E-state index is -0.400.